The lowest BCUT2D eigenvalue weighted by atomic mass is 9.98. The molecule has 0 aromatic carbocycles. The molecule has 0 bridgehead atoms. The third kappa shape index (κ3) is 19.4. The molecule has 1 fully saturated rings. The summed E-state index contributed by atoms with van der Waals surface area (Å²) in [5, 5.41) is 39.3. The molecule has 1 aliphatic rings. The van der Waals surface area contributed by atoms with E-state index in [0.717, 1.165) is 58.3 Å². The lowest BCUT2D eigenvalue weighted by Crippen LogP contribution is -2.63. The van der Waals surface area contributed by atoms with Gasteiger partial charge in [0.2, 0.25) is 0 Å². The Morgan fingerprint density at radius 2 is 1.04 bits per heavy atom. The van der Waals surface area contributed by atoms with Crippen molar-refractivity contribution >= 4 is 17.9 Å². The van der Waals surface area contributed by atoms with Gasteiger partial charge in [0.05, 0.1) is 19.8 Å². The van der Waals surface area contributed by atoms with Crippen LogP contribution in [-0.2, 0) is 38.1 Å². The van der Waals surface area contributed by atoms with Gasteiger partial charge >= 0.3 is 17.9 Å². The lowest BCUT2D eigenvalue weighted by Gasteiger charge is -2.44. The maximum Gasteiger partial charge on any atom is 0.306 e. The van der Waals surface area contributed by atoms with Crippen LogP contribution in [0, 0.1) is 0 Å². The zero-order valence-corrected chi connectivity index (χ0v) is 29.9. The number of unbranched alkanes of at least 4 members (excludes halogenated alkanes) is 16. The number of carbonyl (C=O) groups excluding carboxylic acids is 3. The summed E-state index contributed by atoms with van der Waals surface area (Å²) in [4.78, 5) is 38.2. The molecule has 0 amide bonds. The summed E-state index contributed by atoms with van der Waals surface area (Å²) in [6, 6.07) is 0. The lowest BCUT2D eigenvalue weighted by molar-refractivity contribution is -0.312. The molecule has 1 aliphatic heterocycles. The Morgan fingerprint density at radius 1 is 0.604 bits per heavy atom. The highest BCUT2D eigenvalue weighted by molar-refractivity contribution is 5.71. The highest BCUT2D eigenvalue weighted by Crippen LogP contribution is 2.30. The van der Waals surface area contributed by atoms with Crippen LogP contribution in [0.25, 0.3) is 0 Å². The molecule has 4 N–H and O–H groups in total. The number of carbonyl (C=O) groups is 3. The van der Waals surface area contributed by atoms with Gasteiger partial charge in [-0.05, 0) is 12.8 Å². The van der Waals surface area contributed by atoms with Crippen LogP contribution >= 0.6 is 0 Å². The molecule has 0 spiro atoms. The van der Waals surface area contributed by atoms with Gasteiger partial charge < -0.3 is 44.1 Å². The maximum atomic E-state index is 13.1. The first-order valence-electron chi connectivity index (χ1n) is 18.6. The molecule has 48 heavy (non-hydrogen) atoms. The minimum Gasteiger partial charge on any atom is -0.456 e. The van der Waals surface area contributed by atoms with Gasteiger partial charge in [-0.1, -0.05) is 117 Å². The van der Waals surface area contributed by atoms with Crippen molar-refractivity contribution < 1.29 is 58.5 Å². The Bertz CT molecular complexity index is 840. The van der Waals surface area contributed by atoms with E-state index in [2.05, 4.69) is 13.8 Å². The minimum absolute atomic E-state index is 0.0890. The smallest absolute Gasteiger partial charge is 0.306 e. The van der Waals surface area contributed by atoms with Gasteiger partial charge in [-0.15, -0.1) is 0 Å². The molecule has 0 aliphatic carbocycles. The third-order valence-corrected chi connectivity index (χ3v) is 8.64. The molecular formula is C36H66O12. The third-order valence-electron chi connectivity index (χ3n) is 8.64. The predicted octanol–water partition coefficient (Wildman–Crippen LogP) is 5.03. The summed E-state index contributed by atoms with van der Waals surface area (Å²) in [5.74, 6) is -1.91. The molecule has 7 atom stereocenters. The SMILES string of the molecule is CCCCCCCCCCCC(=O)O[C@@H]1[C@H](OC(=O)CCCCCCCCCCC)[C@H](OC[C@@H](O)[C@@H](O)CO)O[C@H](CO)[C@H]1OC(C)=O. The van der Waals surface area contributed by atoms with Crippen LogP contribution in [0.15, 0.2) is 0 Å². The fourth-order valence-electron chi connectivity index (χ4n) is 5.76. The van der Waals surface area contributed by atoms with E-state index in [0.29, 0.717) is 12.8 Å². The maximum absolute atomic E-state index is 13.1. The summed E-state index contributed by atoms with van der Waals surface area (Å²) in [6.45, 7) is 3.63. The van der Waals surface area contributed by atoms with Crippen LogP contribution in [0.2, 0.25) is 0 Å². The van der Waals surface area contributed by atoms with Crippen molar-refractivity contribution in [2.45, 2.75) is 192 Å². The van der Waals surface area contributed by atoms with Crippen LogP contribution in [0.5, 0.6) is 0 Å². The van der Waals surface area contributed by atoms with Crippen LogP contribution in [0.3, 0.4) is 0 Å². The number of esters is 3. The number of ether oxygens (including phenoxy) is 5. The summed E-state index contributed by atoms with van der Waals surface area (Å²) in [7, 11) is 0. The van der Waals surface area contributed by atoms with Gasteiger partial charge in [-0.25, -0.2) is 0 Å². The topological polar surface area (TPSA) is 178 Å². The summed E-state index contributed by atoms with van der Waals surface area (Å²) >= 11 is 0. The predicted molar refractivity (Wildman–Crippen MR) is 180 cm³/mol. The van der Waals surface area contributed by atoms with E-state index in [4.69, 9.17) is 23.7 Å². The standard InChI is InChI=1S/C36H66O12/c1-4-6-8-10-12-14-16-18-20-22-31(42)47-34-33(45-27(3)39)30(25-38)46-36(44-26-29(41)28(40)24-37)35(34)48-32(43)23-21-19-17-15-13-11-9-7-5-2/h28-30,33-38,40-41H,4-26H2,1-3H3/t28-,29+,30+,33+,34-,35-,36+/m0/s1. The number of hydrogen-bond acceptors (Lipinski definition) is 12. The largest absolute Gasteiger partial charge is 0.456 e. The van der Waals surface area contributed by atoms with Gasteiger partial charge in [-0.3, -0.25) is 14.4 Å². The fraction of sp³-hybridized carbons (Fsp3) is 0.917. The van der Waals surface area contributed by atoms with Crippen LogP contribution < -0.4 is 0 Å². The molecular weight excluding hydrogens is 624 g/mol. The first-order chi connectivity index (χ1) is 23.2. The second-order valence-corrected chi connectivity index (χ2v) is 13.0. The monoisotopic (exact) mass is 690 g/mol. The van der Waals surface area contributed by atoms with E-state index in [9.17, 15) is 34.8 Å². The Kier molecular flexibility index (Phi) is 25.7. The Morgan fingerprint density at radius 3 is 1.46 bits per heavy atom. The second kappa shape index (κ2) is 27.9. The normalized spacial score (nSPS) is 22.2. The number of rotatable bonds is 29. The Balaban J connectivity index is 2.95. The molecule has 0 radical (unpaired) electrons. The van der Waals surface area contributed by atoms with E-state index in [1.807, 2.05) is 0 Å². The van der Waals surface area contributed by atoms with E-state index in [1.54, 1.807) is 0 Å². The fourth-order valence-corrected chi connectivity index (χ4v) is 5.76. The van der Waals surface area contributed by atoms with E-state index in [-0.39, 0.29) is 12.8 Å². The molecule has 282 valence electrons. The van der Waals surface area contributed by atoms with Gasteiger partial charge in [0.1, 0.15) is 18.3 Å². The van der Waals surface area contributed by atoms with E-state index in [1.165, 1.54) is 51.4 Å². The van der Waals surface area contributed by atoms with Gasteiger partial charge in [0.25, 0.3) is 0 Å². The molecule has 0 aromatic heterocycles. The van der Waals surface area contributed by atoms with Crippen molar-refractivity contribution in [1.82, 2.24) is 0 Å². The molecule has 1 heterocycles. The van der Waals surface area contributed by atoms with Gasteiger partial charge in [0.15, 0.2) is 24.6 Å². The van der Waals surface area contributed by atoms with Crippen LogP contribution in [0.4, 0.5) is 0 Å². The second-order valence-electron chi connectivity index (χ2n) is 13.0. The summed E-state index contributed by atoms with van der Waals surface area (Å²) in [5.41, 5.74) is 0. The molecule has 12 heteroatoms. The van der Waals surface area contributed by atoms with Crippen LogP contribution in [-0.4, -0.2) is 101 Å². The van der Waals surface area contributed by atoms with Gasteiger partial charge in [-0.2, -0.15) is 0 Å². The highest BCUT2D eigenvalue weighted by atomic mass is 16.7. The molecule has 0 saturated carbocycles. The molecule has 12 nitrogen and oxygen atoms in total. The van der Waals surface area contributed by atoms with Crippen molar-refractivity contribution in [1.29, 1.82) is 0 Å². The van der Waals surface area contributed by atoms with Gasteiger partial charge in [0, 0.05) is 19.8 Å². The zero-order valence-electron chi connectivity index (χ0n) is 29.9. The van der Waals surface area contributed by atoms with Crippen molar-refractivity contribution in [3.8, 4) is 0 Å². The molecule has 0 unspecified atom stereocenters. The first kappa shape index (κ1) is 44.2. The van der Waals surface area contributed by atoms with E-state index >= 15 is 0 Å². The summed E-state index contributed by atoms with van der Waals surface area (Å²) in [6.07, 6.45) is 9.57. The Hall–Kier alpha value is -1.83. The average Bonchev–Trinajstić information content (AvgIpc) is 3.06. The number of aliphatic hydroxyl groups excluding tert-OH is 4. The van der Waals surface area contributed by atoms with Crippen LogP contribution in [0.1, 0.15) is 149 Å². The van der Waals surface area contributed by atoms with Crippen molar-refractivity contribution in [3.05, 3.63) is 0 Å². The Labute approximate surface area is 288 Å². The van der Waals surface area contributed by atoms with Crippen molar-refractivity contribution in [2.75, 3.05) is 19.8 Å². The van der Waals surface area contributed by atoms with E-state index < -0.39 is 80.6 Å². The summed E-state index contributed by atoms with van der Waals surface area (Å²) < 4.78 is 28.5. The minimum atomic E-state index is -1.51. The first-order valence-corrected chi connectivity index (χ1v) is 18.6. The quantitative estimate of drug-likeness (QED) is 0.0468. The zero-order chi connectivity index (χ0) is 35.6. The van der Waals surface area contributed by atoms with Crippen molar-refractivity contribution in [3.63, 3.8) is 0 Å². The molecule has 1 saturated heterocycles. The number of hydrogen-bond donors (Lipinski definition) is 4. The van der Waals surface area contributed by atoms with Crippen molar-refractivity contribution in [2.24, 2.45) is 0 Å². The number of aliphatic hydroxyl groups is 4. The molecule has 0 aromatic rings. The highest BCUT2D eigenvalue weighted by Gasteiger charge is 2.52. The average molecular weight is 691 g/mol. The molecule has 1 rings (SSSR count).